The van der Waals surface area contributed by atoms with Gasteiger partial charge >= 0.3 is 0 Å². The second-order valence-corrected chi connectivity index (χ2v) is 5.45. The number of rotatable bonds is 6. The number of nitrogens with one attached hydrogen (secondary N) is 3. The summed E-state index contributed by atoms with van der Waals surface area (Å²) in [6, 6.07) is 8.67. The molecule has 3 N–H and O–H groups in total. The van der Waals surface area contributed by atoms with Gasteiger partial charge in [-0.15, -0.1) is 0 Å². The average Bonchev–Trinajstić information content (AvgIpc) is 3.23. The second kappa shape index (κ2) is 6.99. The van der Waals surface area contributed by atoms with Crippen LogP contribution < -0.4 is 10.6 Å². The lowest BCUT2D eigenvalue weighted by Crippen LogP contribution is -2.45. The third kappa shape index (κ3) is 3.62. The Kier molecular flexibility index (Phi) is 4.60. The molecule has 0 saturated heterocycles. The monoisotopic (exact) mass is 326 g/mol. The number of carbonyl (C=O) groups excluding carboxylic acids is 2. The van der Waals surface area contributed by atoms with Crippen LogP contribution in [0.3, 0.4) is 0 Å². The van der Waals surface area contributed by atoms with E-state index in [2.05, 4.69) is 20.6 Å². The molecule has 3 rings (SSSR count). The summed E-state index contributed by atoms with van der Waals surface area (Å²) in [7, 11) is 0. The summed E-state index contributed by atoms with van der Waals surface area (Å²) < 4.78 is 4.84. The third-order valence-electron chi connectivity index (χ3n) is 3.62. The van der Waals surface area contributed by atoms with Gasteiger partial charge in [-0.3, -0.25) is 9.59 Å². The van der Waals surface area contributed by atoms with Crippen LogP contribution in [-0.2, 0) is 11.2 Å². The van der Waals surface area contributed by atoms with E-state index in [0.717, 1.165) is 16.9 Å². The van der Waals surface area contributed by atoms with Gasteiger partial charge in [0.15, 0.2) is 0 Å². The SMILES string of the molecule is CC(NC(=O)c1ccoc1)C(=O)NCCc1nc2ccccc2[nH]1. The Balaban J connectivity index is 1.47. The zero-order chi connectivity index (χ0) is 16.9. The zero-order valence-corrected chi connectivity index (χ0v) is 13.2. The number of aromatic amines is 1. The minimum Gasteiger partial charge on any atom is -0.472 e. The standard InChI is InChI=1S/C17H18N4O3/c1-11(19-17(23)12-7-9-24-10-12)16(22)18-8-6-15-20-13-4-2-3-5-14(13)21-15/h2-5,7,9-11H,6,8H2,1H3,(H,18,22)(H,19,23)(H,20,21). The average molecular weight is 326 g/mol. The molecule has 2 amide bonds. The Hall–Kier alpha value is -3.09. The van der Waals surface area contributed by atoms with Gasteiger partial charge in [0.05, 0.1) is 22.9 Å². The fourth-order valence-electron chi connectivity index (χ4n) is 2.32. The van der Waals surface area contributed by atoms with Gasteiger partial charge in [0.1, 0.15) is 18.1 Å². The zero-order valence-electron chi connectivity index (χ0n) is 13.2. The van der Waals surface area contributed by atoms with E-state index >= 15 is 0 Å². The lowest BCUT2D eigenvalue weighted by molar-refractivity contribution is -0.122. The van der Waals surface area contributed by atoms with Crippen molar-refractivity contribution in [1.29, 1.82) is 0 Å². The van der Waals surface area contributed by atoms with Crippen LogP contribution in [0.25, 0.3) is 11.0 Å². The molecule has 0 bridgehead atoms. The first-order valence-corrected chi connectivity index (χ1v) is 7.68. The fourth-order valence-corrected chi connectivity index (χ4v) is 2.32. The second-order valence-electron chi connectivity index (χ2n) is 5.45. The van der Waals surface area contributed by atoms with E-state index < -0.39 is 6.04 Å². The minimum absolute atomic E-state index is 0.247. The number of fused-ring (bicyclic) bond motifs is 1. The molecule has 0 radical (unpaired) electrons. The molecular formula is C17H18N4O3. The number of amides is 2. The van der Waals surface area contributed by atoms with Gasteiger partial charge in [-0.2, -0.15) is 0 Å². The lowest BCUT2D eigenvalue weighted by atomic mass is 10.2. The maximum absolute atomic E-state index is 12.0. The van der Waals surface area contributed by atoms with Gasteiger partial charge in [0.25, 0.3) is 5.91 Å². The van der Waals surface area contributed by atoms with Crippen LogP contribution in [0.4, 0.5) is 0 Å². The number of para-hydroxylation sites is 2. The molecule has 7 nitrogen and oxygen atoms in total. The number of imidazole rings is 1. The van der Waals surface area contributed by atoms with Gasteiger partial charge in [0.2, 0.25) is 5.91 Å². The number of carbonyl (C=O) groups is 2. The highest BCUT2D eigenvalue weighted by atomic mass is 16.3. The molecule has 0 spiro atoms. The molecular weight excluding hydrogens is 308 g/mol. The highest BCUT2D eigenvalue weighted by Gasteiger charge is 2.16. The summed E-state index contributed by atoms with van der Waals surface area (Å²) in [6.07, 6.45) is 3.33. The lowest BCUT2D eigenvalue weighted by Gasteiger charge is -2.13. The number of H-pyrrole nitrogens is 1. The number of aromatic nitrogens is 2. The fraction of sp³-hybridized carbons (Fsp3) is 0.235. The summed E-state index contributed by atoms with van der Waals surface area (Å²) in [5.74, 6) is 0.221. The number of benzene rings is 1. The Bertz CT molecular complexity index is 806. The van der Waals surface area contributed by atoms with Crippen molar-refractivity contribution in [2.24, 2.45) is 0 Å². The maximum atomic E-state index is 12.0. The Morgan fingerprint density at radius 2 is 2.12 bits per heavy atom. The minimum atomic E-state index is -0.636. The molecule has 0 aliphatic carbocycles. The van der Waals surface area contributed by atoms with Crippen molar-refractivity contribution in [2.75, 3.05) is 6.54 Å². The Labute approximate surface area is 138 Å². The van der Waals surface area contributed by atoms with Crippen LogP contribution in [0.1, 0.15) is 23.1 Å². The van der Waals surface area contributed by atoms with Crippen LogP contribution in [0.2, 0.25) is 0 Å². The van der Waals surface area contributed by atoms with E-state index in [1.54, 1.807) is 13.0 Å². The normalized spacial score (nSPS) is 12.0. The molecule has 0 aliphatic rings. The van der Waals surface area contributed by atoms with E-state index in [1.165, 1.54) is 12.5 Å². The van der Waals surface area contributed by atoms with Crippen LogP contribution in [0, 0.1) is 0 Å². The molecule has 0 fully saturated rings. The smallest absolute Gasteiger partial charge is 0.255 e. The van der Waals surface area contributed by atoms with Crippen LogP contribution >= 0.6 is 0 Å². The molecule has 1 unspecified atom stereocenters. The Morgan fingerprint density at radius 3 is 2.88 bits per heavy atom. The van der Waals surface area contributed by atoms with Crippen LogP contribution in [0.5, 0.6) is 0 Å². The number of hydrogen-bond donors (Lipinski definition) is 3. The third-order valence-corrected chi connectivity index (χ3v) is 3.62. The molecule has 1 atom stereocenters. The Morgan fingerprint density at radius 1 is 1.29 bits per heavy atom. The molecule has 2 aromatic heterocycles. The largest absolute Gasteiger partial charge is 0.472 e. The first kappa shape index (κ1) is 15.8. The predicted octanol–water partition coefficient (Wildman–Crippen LogP) is 1.63. The first-order chi connectivity index (χ1) is 11.6. The molecule has 1 aromatic carbocycles. The van der Waals surface area contributed by atoms with Gasteiger partial charge in [0, 0.05) is 13.0 Å². The van der Waals surface area contributed by atoms with E-state index in [0.29, 0.717) is 18.5 Å². The van der Waals surface area contributed by atoms with Gasteiger partial charge in [-0.05, 0) is 25.1 Å². The predicted molar refractivity (Wildman–Crippen MR) is 88.4 cm³/mol. The summed E-state index contributed by atoms with van der Waals surface area (Å²) in [5.41, 5.74) is 2.26. The molecule has 2 heterocycles. The van der Waals surface area contributed by atoms with E-state index in [-0.39, 0.29) is 11.8 Å². The van der Waals surface area contributed by atoms with Crippen molar-refractivity contribution in [3.8, 4) is 0 Å². The summed E-state index contributed by atoms with van der Waals surface area (Å²) >= 11 is 0. The van der Waals surface area contributed by atoms with Crippen molar-refractivity contribution < 1.29 is 14.0 Å². The van der Waals surface area contributed by atoms with Gasteiger partial charge in [-0.1, -0.05) is 12.1 Å². The molecule has 0 saturated carbocycles. The maximum Gasteiger partial charge on any atom is 0.255 e. The van der Waals surface area contributed by atoms with Crippen molar-refractivity contribution in [3.63, 3.8) is 0 Å². The van der Waals surface area contributed by atoms with Crippen LogP contribution in [-0.4, -0.2) is 34.4 Å². The topological polar surface area (TPSA) is 100 Å². The molecule has 7 heteroatoms. The van der Waals surface area contributed by atoms with Crippen molar-refractivity contribution in [3.05, 3.63) is 54.2 Å². The molecule has 0 aliphatic heterocycles. The van der Waals surface area contributed by atoms with Crippen molar-refractivity contribution in [1.82, 2.24) is 20.6 Å². The molecule has 124 valence electrons. The quantitative estimate of drug-likeness (QED) is 0.641. The molecule has 3 aromatic rings. The summed E-state index contributed by atoms with van der Waals surface area (Å²) in [5, 5.41) is 5.41. The van der Waals surface area contributed by atoms with Crippen molar-refractivity contribution in [2.45, 2.75) is 19.4 Å². The van der Waals surface area contributed by atoms with E-state index in [4.69, 9.17) is 4.42 Å². The van der Waals surface area contributed by atoms with Gasteiger partial charge in [-0.25, -0.2) is 4.98 Å². The van der Waals surface area contributed by atoms with E-state index in [9.17, 15) is 9.59 Å². The van der Waals surface area contributed by atoms with E-state index in [1.807, 2.05) is 24.3 Å². The van der Waals surface area contributed by atoms with Gasteiger partial charge < -0.3 is 20.0 Å². The highest BCUT2D eigenvalue weighted by Crippen LogP contribution is 2.10. The number of furan rings is 1. The number of hydrogen-bond acceptors (Lipinski definition) is 4. The van der Waals surface area contributed by atoms with Crippen molar-refractivity contribution >= 4 is 22.8 Å². The number of nitrogens with zero attached hydrogens (tertiary/aromatic N) is 1. The summed E-state index contributed by atoms with van der Waals surface area (Å²) in [4.78, 5) is 31.5. The first-order valence-electron chi connectivity index (χ1n) is 7.68. The summed E-state index contributed by atoms with van der Waals surface area (Å²) in [6.45, 7) is 2.07. The van der Waals surface area contributed by atoms with Crippen LogP contribution in [0.15, 0.2) is 47.3 Å². The highest BCUT2D eigenvalue weighted by molar-refractivity contribution is 5.97. The molecule has 24 heavy (non-hydrogen) atoms.